The number of hydrogen-bond acceptors (Lipinski definition) is 1. The monoisotopic (exact) mass is 396 g/mol. The molecule has 0 amide bonds. The van der Waals surface area contributed by atoms with Gasteiger partial charge in [0, 0.05) is 5.92 Å². The number of carbonyl (C=O) groups is 1. The van der Waals surface area contributed by atoms with Gasteiger partial charge in [0.25, 0.3) is 0 Å². The van der Waals surface area contributed by atoms with Gasteiger partial charge in [0.15, 0.2) is 5.78 Å². The van der Waals surface area contributed by atoms with Crippen LogP contribution in [0.2, 0.25) is 0 Å². The van der Waals surface area contributed by atoms with E-state index in [0.717, 1.165) is 35.5 Å². The van der Waals surface area contributed by atoms with Crippen molar-refractivity contribution >= 4 is 5.78 Å². The van der Waals surface area contributed by atoms with Crippen LogP contribution in [0.4, 0.5) is 0 Å². The van der Waals surface area contributed by atoms with E-state index in [1.165, 1.54) is 64.2 Å². The molecule has 0 heterocycles. The topological polar surface area (TPSA) is 17.1 Å². The van der Waals surface area contributed by atoms with Gasteiger partial charge >= 0.3 is 0 Å². The lowest BCUT2D eigenvalue weighted by atomic mass is 9.46. The standard InChI is InChI=1S/C28H44O/c1-17(2)7-6-8-18(3)22-11-12-23-20-10-9-19-15-26(29)21-16-25(21)28(19,5)24(20)13-14-27(22,23)4/h15,17-18,20-25H,6-14,16H2,1-5H3/t18-,20+,21-,22-,23+,24+,25+,27-,28+/m1/s1. The number of rotatable bonds is 5. The van der Waals surface area contributed by atoms with Crippen LogP contribution in [-0.4, -0.2) is 5.78 Å². The maximum Gasteiger partial charge on any atom is 0.159 e. The summed E-state index contributed by atoms with van der Waals surface area (Å²) in [6.07, 6.45) is 16.0. The van der Waals surface area contributed by atoms with Gasteiger partial charge in [-0.3, -0.25) is 4.79 Å². The fourth-order valence-corrected chi connectivity index (χ4v) is 9.48. The summed E-state index contributed by atoms with van der Waals surface area (Å²) in [5.41, 5.74) is 2.51. The van der Waals surface area contributed by atoms with Gasteiger partial charge in [0.2, 0.25) is 0 Å². The summed E-state index contributed by atoms with van der Waals surface area (Å²) in [7, 11) is 0. The molecule has 0 unspecified atom stereocenters. The normalized spacial score (nSPS) is 49.0. The number of hydrogen-bond donors (Lipinski definition) is 0. The minimum atomic E-state index is 0.365. The van der Waals surface area contributed by atoms with Gasteiger partial charge in [-0.1, -0.05) is 59.5 Å². The summed E-state index contributed by atoms with van der Waals surface area (Å²) in [4.78, 5) is 12.4. The van der Waals surface area contributed by atoms with Crippen LogP contribution < -0.4 is 0 Å². The molecule has 4 saturated carbocycles. The van der Waals surface area contributed by atoms with Crippen LogP contribution >= 0.6 is 0 Å². The summed E-state index contributed by atoms with van der Waals surface area (Å²) >= 11 is 0. The van der Waals surface area contributed by atoms with Gasteiger partial charge in [-0.25, -0.2) is 0 Å². The minimum Gasteiger partial charge on any atom is -0.295 e. The molecule has 0 aliphatic heterocycles. The molecule has 0 N–H and O–H groups in total. The predicted molar refractivity (Wildman–Crippen MR) is 120 cm³/mol. The number of carbonyl (C=O) groups excluding carboxylic acids is 1. The van der Waals surface area contributed by atoms with Gasteiger partial charge in [-0.2, -0.15) is 0 Å². The number of ketones is 1. The molecule has 1 heteroatoms. The molecule has 0 aromatic heterocycles. The van der Waals surface area contributed by atoms with Crippen molar-refractivity contribution in [3.05, 3.63) is 11.6 Å². The van der Waals surface area contributed by atoms with Crippen molar-refractivity contribution in [3.63, 3.8) is 0 Å². The Hall–Kier alpha value is -0.590. The molecule has 29 heavy (non-hydrogen) atoms. The van der Waals surface area contributed by atoms with E-state index in [9.17, 15) is 4.79 Å². The first-order valence-corrected chi connectivity index (χ1v) is 13.0. The maximum absolute atomic E-state index is 12.4. The van der Waals surface area contributed by atoms with Crippen molar-refractivity contribution in [2.45, 2.75) is 98.8 Å². The van der Waals surface area contributed by atoms with Crippen LogP contribution in [0.25, 0.3) is 0 Å². The fourth-order valence-electron chi connectivity index (χ4n) is 9.48. The third-order valence-electron chi connectivity index (χ3n) is 11.1. The van der Waals surface area contributed by atoms with E-state index in [-0.39, 0.29) is 0 Å². The van der Waals surface area contributed by atoms with E-state index in [1.807, 2.05) is 0 Å². The van der Waals surface area contributed by atoms with Crippen molar-refractivity contribution in [2.24, 2.45) is 58.2 Å². The van der Waals surface area contributed by atoms with Crippen LogP contribution in [-0.2, 0) is 4.79 Å². The van der Waals surface area contributed by atoms with E-state index in [4.69, 9.17) is 0 Å². The second-order valence-electron chi connectivity index (χ2n) is 12.7. The summed E-state index contributed by atoms with van der Waals surface area (Å²) in [5, 5.41) is 0. The Balaban J connectivity index is 1.34. The number of allylic oxidation sites excluding steroid dienone is 1. The summed E-state index contributed by atoms with van der Waals surface area (Å²) in [6, 6.07) is 0. The molecule has 0 bridgehead atoms. The zero-order valence-electron chi connectivity index (χ0n) is 19.7. The van der Waals surface area contributed by atoms with Crippen LogP contribution in [0, 0.1) is 58.2 Å². The Morgan fingerprint density at radius 2 is 1.79 bits per heavy atom. The third-order valence-corrected chi connectivity index (χ3v) is 11.1. The largest absolute Gasteiger partial charge is 0.295 e. The molecule has 0 spiro atoms. The van der Waals surface area contributed by atoms with Crippen LogP contribution in [0.1, 0.15) is 98.8 Å². The average Bonchev–Trinajstić information content (AvgIpc) is 3.40. The number of fused-ring (bicyclic) bond motifs is 7. The molecule has 5 aliphatic rings. The molecule has 5 aliphatic carbocycles. The van der Waals surface area contributed by atoms with Crippen LogP contribution in [0.3, 0.4) is 0 Å². The van der Waals surface area contributed by atoms with Crippen molar-refractivity contribution in [2.75, 3.05) is 0 Å². The first-order valence-electron chi connectivity index (χ1n) is 13.0. The Kier molecular flexibility index (Phi) is 4.88. The molecule has 4 fully saturated rings. The van der Waals surface area contributed by atoms with Gasteiger partial charge in [0.05, 0.1) is 0 Å². The Morgan fingerprint density at radius 3 is 2.55 bits per heavy atom. The van der Waals surface area contributed by atoms with Gasteiger partial charge in [-0.05, 0) is 103 Å². The van der Waals surface area contributed by atoms with Gasteiger partial charge < -0.3 is 0 Å². The Bertz CT molecular complexity index is 703. The smallest absolute Gasteiger partial charge is 0.159 e. The highest BCUT2D eigenvalue weighted by Crippen LogP contribution is 2.72. The highest BCUT2D eigenvalue weighted by molar-refractivity contribution is 5.96. The summed E-state index contributed by atoms with van der Waals surface area (Å²) in [5.74, 6) is 7.00. The first-order chi connectivity index (χ1) is 13.8. The lowest BCUT2D eigenvalue weighted by molar-refractivity contribution is -0.118. The molecule has 1 nitrogen and oxygen atoms in total. The highest BCUT2D eigenvalue weighted by atomic mass is 16.1. The lowest BCUT2D eigenvalue weighted by Gasteiger charge is -2.58. The fraction of sp³-hybridized carbons (Fsp3) is 0.893. The molecular formula is C28H44O. The SMILES string of the molecule is CC(C)CCC[C@@H](C)[C@H]1CC[C@H]2[C@@H]3CCC4=CC(=O)[C@@H]5C[C@@H]5[C@]4(C)[C@H]3CC[C@]12C. The van der Waals surface area contributed by atoms with Gasteiger partial charge in [0.1, 0.15) is 0 Å². The molecular weight excluding hydrogens is 352 g/mol. The molecule has 162 valence electrons. The lowest BCUT2D eigenvalue weighted by Crippen LogP contribution is -2.51. The molecule has 0 aromatic rings. The van der Waals surface area contributed by atoms with Crippen molar-refractivity contribution < 1.29 is 4.79 Å². The third kappa shape index (κ3) is 2.95. The quantitative estimate of drug-likeness (QED) is 0.471. The molecule has 0 radical (unpaired) electrons. The summed E-state index contributed by atoms with van der Waals surface area (Å²) < 4.78 is 0. The first kappa shape index (κ1) is 20.3. The predicted octanol–water partition coefficient (Wildman–Crippen LogP) is 7.45. The van der Waals surface area contributed by atoms with E-state index in [2.05, 4.69) is 40.7 Å². The van der Waals surface area contributed by atoms with E-state index < -0.39 is 0 Å². The second-order valence-corrected chi connectivity index (χ2v) is 12.7. The van der Waals surface area contributed by atoms with E-state index >= 15 is 0 Å². The molecule has 5 rings (SSSR count). The maximum atomic E-state index is 12.4. The van der Waals surface area contributed by atoms with Gasteiger partial charge in [-0.15, -0.1) is 0 Å². The van der Waals surface area contributed by atoms with E-state index in [0.29, 0.717) is 28.4 Å². The Labute approximate surface area is 179 Å². The van der Waals surface area contributed by atoms with Crippen LogP contribution in [0.15, 0.2) is 11.6 Å². The summed E-state index contributed by atoms with van der Waals surface area (Å²) in [6.45, 7) is 12.6. The van der Waals surface area contributed by atoms with Crippen LogP contribution in [0.5, 0.6) is 0 Å². The Morgan fingerprint density at radius 1 is 1.00 bits per heavy atom. The molecule has 0 saturated heterocycles. The second kappa shape index (κ2) is 6.96. The minimum absolute atomic E-state index is 0.365. The zero-order chi connectivity index (χ0) is 20.6. The van der Waals surface area contributed by atoms with E-state index in [1.54, 1.807) is 5.57 Å². The average molecular weight is 397 g/mol. The van der Waals surface area contributed by atoms with Crippen molar-refractivity contribution in [3.8, 4) is 0 Å². The molecule has 9 atom stereocenters. The van der Waals surface area contributed by atoms with Crippen molar-refractivity contribution in [1.29, 1.82) is 0 Å². The molecule has 0 aromatic carbocycles. The zero-order valence-corrected chi connectivity index (χ0v) is 19.7. The van der Waals surface area contributed by atoms with Crippen molar-refractivity contribution in [1.82, 2.24) is 0 Å². The highest BCUT2D eigenvalue weighted by Gasteiger charge is 2.66.